The van der Waals surface area contributed by atoms with E-state index in [9.17, 15) is 33.0 Å². The maximum Gasteiger partial charge on any atom is 0.338 e. The van der Waals surface area contributed by atoms with Crippen LogP contribution in [0.25, 0.3) is 10.8 Å². The van der Waals surface area contributed by atoms with Gasteiger partial charge in [-0.3, -0.25) is 10.1 Å². The van der Waals surface area contributed by atoms with Crippen LogP contribution < -0.4 is 0 Å². The summed E-state index contributed by atoms with van der Waals surface area (Å²) in [5.74, 6) is -0.842. The summed E-state index contributed by atoms with van der Waals surface area (Å²) < 4.78 is 40.3. The van der Waals surface area contributed by atoms with E-state index in [2.05, 4.69) is 0 Å². The molecule has 0 aliphatic heterocycles. The summed E-state index contributed by atoms with van der Waals surface area (Å²) in [6.45, 7) is 0.0613. The molecular weight excluding hydrogens is 426 g/mol. The Balaban J connectivity index is 1.99. The molecule has 11 heteroatoms. The largest absolute Gasteiger partial charge is 0.744 e. The van der Waals surface area contributed by atoms with E-state index in [0.29, 0.717) is 25.7 Å². The average molecular weight is 443 g/mol. The molecule has 2 aromatic rings. The van der Waals surface area contributed by atoms with Crippen molar-refractivity contribution in [3.8, 4) is 0 Å². The summed E-state index contributed by atoms with van der Waals surface area (Å²) in [6, 6.07) is 4.09. The van der Waals surface area contributed by atoms with Crippen LogP contribution in [0.5, 0.6) is 0 Å². The van der Waals surface area contributed by atoms with Gasteiger partial charge in [0.25, 0.3) is 5.69 Å². The molecule has 0 bridgehead atoms. The molecule has 0 radical (unpaired) electrons. The molecule has 0 unspecified atom stereocenters. The van der Waals surface area contributed by atoms with E-state index < -0.39 is 31.6 Å². The fourth-order valence-electron chi connectivity index (χ4n) is 3.44. The summed E-state index contributed by atoms with van der Waals surface area (Å²) in [4.78, 5) is 22.2. The highest BCUT2D eigenvalue weighted by Crippen LogP contribution is 2.35. The Morgan fingerprint density at radius 2 is 1.83 bits per heavy atom. The topological polar surface area (TPSA) is 147 Å². The number of nitro groups is 1. The molecule has 2 aromatic carbocycles. The number of hydrogen-bond acceptors (Lipinski definition) is 8. The first-order valence-corrected chi connectivity index (χ1v) is 10.6. The Hall–Kier alpha value is -2.27. The number of esters is 1. The summed E-state index contributed by atoms with van der Waals surface area (Å²) >= 11 is 5.83. The molecule has 0 amide bonds. The first-order valence-electron chi connectivity index (χ1n) is 8.79. The van der Waals surface area contributed by atoms with Crippen molar-refractivity contribution in [2.24, 2.45) is 5.92 Å². The Morgan fingerprint density at radius 1 is 1.17 bits per heavy atom. The van der Waals surface area contributed by atoms with Gasteiger partial charge in [0, 0.05) is 16.5 Å². The molecule has 0 atom stereocenters. The van der Waals surface area contributed by atoms with E-state index in [-0.39, 0.29) is 40.0 Å². The van der Waals surface area contributed by atoms with Crippen LogP contribution in [0.3, 0.4) is 0 Å². The minimum atomic E-state index is -5.05. The molecule has 1 fully saturated rings. The number of nitro benzene ring substituents is 1. The lowest BCUT2D eigenvalue weighted by Gasteiger charge is -2.24. The molecule has 1 N–H and O–H groups in total. The molecule has 0 heterocycles. The first-order chi connectivity index (χ1) is 13.6. The van der Waals surface area contributed by atoms with E-state index in [1.54, 1.807) is 0 Å². The minimum Gasteiger partial charge on any atom is -0.744 e. The number of carbonyl (C=O) groups is 1. The third kappa shape index (κ3) is 4.84. The fourth-order valence-corrected chi connectivity index (χ4v) is 4.36. The van der Waals surface area contributed by atoms with Crippen LogP contribution in [-0.2, 0) is 14.9 Å². The van der Waals surface area contributed by atoms with Crippen LogP contribution in [0.15, 0.2) is 29.2 Å². The molecule has 29 heavy (non-hydrogen) atoms. The van der Waals surface area contributed by atoms with Gasteiger partial charge in [-0.05, 0) is 49.8 Å². The Morgan fingerprint density at radius 3 is 2.41 bits per heavy atom. The SMILES string of the molecule is O=C(OCC1CCC(O)CC1)c1cc(S(=O)(=O)[O-])c2cc(Cl)cc([N+](=O)[O-])c2c1. The van der Waals surface area contributed by atoms with Crippen LogP contribution in [0.4, 0.5) is 5.69 Å². The van der Waals surface area contributed by atoms with Crippen LogP contribution in [0.2, 0.25) is 5.02 Å². The van der Waals surface area contributed by atoms with Crippen LogP contribution in [0.1, 0.15) is 36.0 Å². The zero-order chi connectivity index (χ0) is 21.3. The number of hydrogen-bond donors (Lipinski definition) is 1. The third-order valence-corrected chi connectivity index (χ3v) is 6.04. The van der Waals surface area contributed by atoms with Crippen molar-refractivity contribution in [1.29, 1.82) is 0 Å². The van der Waals surface area contributed by atoms with Gasteiger partial charge in [-0.2, -0.15) is 0 Å². The number of fused-ring (bicyclic) bond motifs is 1. The lowest BCUT2D eigenvalue weighted by molar-refractivity contribution is -0.383. The zero-order valence-corrected chi connectivity index (χ0v) is 16.6. The average Bonchev–Trinajstić information content (AvgIpc) is 2.65. The summed E-state index contributed by atoms with van der Waals surface area (Å²) in [7, 11) is -5.05. The molecule has 1 aliphatic rings. The molecule has 3 rings (SSSR count). The second-order valence-electron chi connectivity index (χ2n) is 6.98. The van der Waals surface area contributed by atoms with Crippen molar-refractivity contribution in [1.82, 2.24) is 0 Å². The molecular formula is C18H17ClNO8S-. The quantitative estimate of drug-likeness (QED) is 0.321. The monoisotopic (exact) mass is 442 g/mol. The molecule has 156 valence electrons. The number of aliphatic hydroxyl groups excluding tert-OH is 1. The van der Waals surface area contributed by atoms with Gasteiger partial charge in [-0.25, -0.2) is 13.2 Å². The lowest BCUT2D eigenvalue weighted by atomic mass is 9.88. The van der Waals surface area contributed by atoms with E-state index in [4.69, 9.17) is 16.3 Å². The number of benzene rings is 2. The Labute approximate surface area is 171 Å². The van der Waals surface area contributed by atoms with Crippen molar-refractivity contribution in [3.05, 3.63) is 45.0 Å². The second-order valence-corrected chi connectivity index (χ2v) is 8.76. The third-order valence-electron chi connectivity index (χ3n) is 4.94. The molecule has 9 nitrogen and oxygen atoms in total. The molecule has 1 saturated carbocycles. The number of aliphatic hydroxyl groups is 1. The van der Waals surface area contributed by atoms with Gasteiger partial charge in [0.1, 0.15) is 10.1 Å². The fraction of sp³-hybridized carbons (Fsp3) is 0.389. The number of halogens is 1. The molecule has 1 aliphatic carbocycles. The maximum absolute atomic E-state index is 12.5. The predicted molar refractivity (Wildman–Crippen MR) is 102 cm³/mol. The zero-order valence-electron chi connectivity index (χ0n) is 15.0. The predicted octanol–water partition coefficient (Wildman–Crippen LogP) is 3.01. The van der Waals surface area contributed by atoms with Crippen molar-refractivity contribution >= 4 is 44.1 Å². The number of carbonyl (C=O) groups excluding carboxylic acids is 1. The van der Waals surface area contributed by atoms with Crippen molar-refractivity contribution in [2.45, 2.75) is 36.7 Å². The summed E-state index contributed by atoms with van der Waals surface area (Å²) in [6.07, 6.45) is 2.19. The standard InChI is InChI=1S/C18H18ClNO8S/c19-12-7-15-14(16(8-12)20(23)24)5-11(6-17(15)29(25,26)27)18(22)28-9-10-1-3-13(21)4-2-10/h5-8,10,13,21H,1-4,9H2,(H,25,26,27)/p-1. The highest BCUT2D eigenvalue weighted by atomic mass is 35.5. The highest BCUT2D eigenvalue weighted by Gasteiger charge is 2.24. The minimum absolute atomic E-state index is 0.0543. The Kier molecular flexibility index (Phi) is 6.08. The summed E-state index contributed by atoms with van der Waals surface area (Å²) in [5.41, 5.74) is -0.818. The van der Waals surface area contributed by atoms with Crippen LogP contribution in [-0.4, -0.2) is 41.7 Å². The Bertz CT molecular complexity index is 1080. The van der Waals surface area contributed by atoms with Gasteiger partial charge in [0.15, 0.2) is 0 Å². The van der Waals surface area contributed by atoms with Gasteiger partial charge >= 0.3 is 5.97 Å². The van der Waals surface area contributed by atoms with Gasteiger partial charge < -0.3 is 14.4 Å². The maximum atomic E-state index is 12.5. The van der Waals surface area contributed by atoms with E-state index in [0.717, 1.165) is 24.3 Å². The normalized spacial score (nSPS) is 19.8. The van der Waals surface area contributed by atoms with E-state index in [1.165, 1.54) is 0 Å². The van der Waals surface area contributed by atoms with Crippen molar-refractivity contribution in [2.75, 3.05) is 6.61 Å². The highest BCUT2D eigenvalue weighted by molar-refractivity contribution is 7.86. The molecule has 0 aromatic heterocycles. The van der Waals surface area contributed by atoms with Crippen LogP contribution in [0, 0.1) is 16.0 Å². The van der Waals surface area contributed by atoms with Gasteiger partial charge in [-0.15, -0.1) is 0 Å². The van der Waals surface area contributed by atoms with E-state index >= 15 is 0 Å². The first kappa shape index (κ1) is 21.4. The summed E-state index contributed by atoms with van der Waals surface area (Å²) in [5, 5.41) is 20.3. The van der Waals surface area contributed by atoms with Gasteiger partial charge in [-0.1, -0.05) is 11.6 Å². The molecule has 0 spiro atoms. The van der Waals surface area contributed by atoms with Crippen LogP contribution >= 0.6 is 11.6 Å². The smallest absolute Gasteiger partial charge is 0.338 e. The number of nitrogens with zero attached hydrogens (tertiary/aromatic N) is 1. The number of non-ortho nitro benzene ring substituents is 1. The lowest BCUT2D eigenvalue weighted by Crippen LogP contribution is -2.23. The van der Waals surface area contributed by atoms with Gasteiger partial charge in [0.05, 0.1) is 33.5 Å². The van der Waals surface area contributed by atoms with E-state index in [1.807, 2.05) is 0 Å². The molecule has 0 saturated heterocycles. The second kappa shape index (κ2) is 8.23. The number of rotatable bonds is 5. The van der Waals surface area contributed by atoms with Gasteiger partial charge in [0.2, 0.25) is 0 Å². The van der Waals surface area contributed by atoms with Crippen molar-refractivity contribution in [3.63, 3.8) is 0 Å². The van der Waals surface area contributed by atoms with Crippen molar-refractivity contribution < 1.29 is 32.5 Å². The number of ether oxygens (including phenoxy) is 1.